The van der Waals surface area contributed by atoms with Crippen LogP contribution in [0.15, 0.2) is 55.0 Å². The summed E-state index contributed by atoms with van der Waals surface area (Å²) >= 11 is 0. The minimum atomic E-state index is -0.321. The fourth-order valence-electron chi connectivity index (χ4n) is 3.63. The number of nitro groups is 1. The van der Waals surface area contributed by atoms with E-state index in [2.05, 4.69) is 15.6 Å². The van der Waals surface area contributed by atoms with Crippen molar-refractivity contribution in [3.05, 3.63) is 76.4 Å². The van der Waals surface area contributed by atoms with Crippen molar-refractivity contribution in [3.8, 4) is 0 Å². The topological polar surface area (TPSA) is 61.0 Å². The molecule has 0 N–H and O–H groups in total. The number of aromatic nitrogens is 2. The molecule has 3 aromatic rings. The van der Waals surface area contributed by atoms with Crippen LogP contribution in [0.2, 0.25) is 0 Å². The molecule has 1 aliphatic carbocycles. The highest BCUT2D eigenvalue weighted by Crippen LogP contribution is 2.48. The van der Waals surface area contributed by atoms with Crippen LogP contribution in [0.1, 0.15) is 17.7 Å². The highest BCUT2D eigenvalue weighted by Gasteiger charge is 2.30. The summed E-state index contributed by atoms with van der Waals surface area (Å²) in [5.74, 6) is 0. The van der Waals surface area contributed by atoms with Gasteiger partial charge >= 0.3 is 0 Å². The number of allylic oxidation sites excluding steroid dienone is 4. The Bertz CT molecular complexity index is 1070. The van der Waals surface area contributed by atoms with Crippen LogP contribution in [0.5, 0.6) is 0 Å². The van der Waals surface area contributed by atoms with Crippen molar-refractivity contribution < 1.29 is 4.92 Å². The van der Waals surface area contributed by atoms with E-state index in [4.69, 9.17) is 0 Å². The second-order valence-electron chi connectivity index (χ2n) is 5.79. The van der Waals surface area contributed by atoms with Crippen LogP contribution in [0, 0.1) is 10.1 Å². The first-order valence-electron chi connectivity index (χ1n) is 7.37. The zero-order chi connectivity index (χ0) is 15.6. The highest BCUT2D eigenvalue weighted by molar-refractivity contribution is 6.13. The zero-order valence-corrected chi connectivity index (χ0v) is 12.1. The van der Waals surface area contributed by atoms with E-state index >= 15 is 0 Å². The Morgan fingerprint density at radius 3 is 2.78 bits per heavy atom. The molecule has 0 radical (unpaired) electrons. The molecule has 1 aliphatic heterocycles. The molecule has 0 saturated heterocycles. The van der Waals surface area contributed by atoms with E-state index in [-0.39, 0.29) is 10.6 Å². The molecule has 5 nitrogen and oxygen atoms in total. The van der Waals surface area contributed by atoms with Crippen LogP contribution in [-0.2, 0) is 0 Å². The van der Waals surface area contributed by atoms with Gasteiger partial charge in [0.15, 0.2) is 0 Å². The lowest BCUT2D eigenvalue weighted by atomic mass is 9.94. The first kappa shape index (κ1) is 12.3. The van der Waals surface area contributed by atoms with Crippen LogP contribution < -0.4 is 0 Å². The van der Waals surface area contributed by atoms with Gasteiger partial charge in [-0.3, -0.25) is 10.1 Å². The summed E-state index contributed by atoms with van der Waals surface area (Å²) in [4.78, 5) is 15.2. The smallest absolute Gasteiger partial charge is 0.277 e. The fraction of sp³-hybridized carbons (Fsp3) is 0.0556. The van der Waals surface area contributed by atoms with E-state index in [1.807, 2.05) is 42.9 Å². The summed E-state index contributed by atoms with van der Waals surface area (Å²) in [6.45, 7) is 0. The summed E-state index contributed by atoms with van der Waals surface area (Å²) in [5.41, 5.74) is 5.93. The third-order valence-corrected chi connectivity index (χ3v) is 4.64. The van der Waals surface area contributed by atoms with Crippen LogP contribution in [0.25, 0.3) is 27.6 Å². The van der Waals surface area contributed by atoms with E-state index < -0.39 is 0 Å². The van der Waals surface area contributed by atoms with Crippen LogP contribution in [-0.4, -0.2) is 14.5 Å². The van der Waals surface area contributed by atoms with Gasteiger partial charge in [0.25, 0.3) is 5.69 Å². The number of hydrogen-bond donors (Lipinski definition) is 0. The van der Waals surface area contributed by atoms with Crippen LogP contribution >= 0.6 is 0 Å². The van der Waals surface area contributed by atoms with E-state index in [1.165, 1.54) is 11.3 Å². The van der Waals surface area contributed by atoms with Crippen molar-refractivity contribution in [2.75, 3.05) is 0 Å². The van der Waals surface area contributed by atoms with E-state index in [0.717, 1.165) is 28.6 Å². The molecule has 5 rings (SSSR count). The van der Waals surface area contributed by atoms with Gasteiger partial charge in [-0.25, -0.2) is 4.98 Å². The maximum Gasteiger partial charge on any atom is 0.277 e. The molecule has 2 aromatic carbocycles. The summed E-state index contributed by atoms with van der Waals surface area (Å²) in [7, 11) is 0. The Balaban J connectivity index is 1.82. The average molecular weight is 301 g/mol. The molecule has 23 heavy (non-hydrogen) atoms. The monoisotopic (exact) mass is 301 g/mol. The zero-order valence-electron chi connectivity index (χ0n) is 12.1. The van der Waals surface area contributed by atoms with Gasteiger partial charge in [-0.05, 0) is 40.3 Å². The Kier molecular flexibility index (Phi) is 2.24. The Hall–Kier alpha value is -3.21. The van der Waals surface area contributed by atoms with Crippen molar-refractivity contribution in [1.29, 1.82) is 0 Å². The van der Waals surface area contributed by atoms with Gasteiger partial charge in [-0.15, -0.1) is 0 Å². The van der Waals surface area contributed by atoms with Crippen molar-refractivity contribution >= 4 is 33.3 Å². The van der Waals surface area contributed by atoms with E-state index in [9.17, 15) is 10.1 Å². The van der Waals surface area contributed by atoms with Gasteiger partial charge in [0, 0.05) is 18.2 Å². The van der Waals surface area contributed by atoms with Crippen molar-refractivity contribution in [2.45, 2.75) is 6.42 Å². The summed E-state index contributed by atoms with van der Waals surface area (Å²) in [6, 6.07) is 11.0. The lowest BCUT2D eigenvalue weighted by molar-refractivity contribution is -0.383. The van der Waals surface area contributed by atoms with Gasteiger partial charge in [-0.1, -0.05) is 18.2 Å². The standard InChI is InChI=1S/C18H11N3O2/c22-21(23)17-6-5-13(12-3-1-2-4-14(12)17)15-7-11-8-16(15)18-9-19-10-20(11)18/h1-7,9-10H,8H2. The second kappa shape index (κ2) is 4.16. The third-order valence-electron chi connectivity index (χ3n) is 4.64. The Labute approximate surface area is 131 Å². The van der Waals surface area contributed by atoms with Gasteiger partial charge in [0.05, 0.1) is 28.5 Å². The molecule has 2 aliphatic rings. The average Bonchev–Trinajstić information content (AvgIpc) is 3.26. The molecule has 0 amide bonds. The molecule has 0 saturated carbocycles. The number of fused-ring (bicyclic) bond motifs is 6. The highest BCUT2D eigenvalue weighted by atomic mass is 16.6. The van der Waals surface area contributed by atoms with Gasteiger partial charge in [-0.2, -0.15) is 0 Å². The lowest BCUT2D eigenvalue weighted by Gasteiger charge is -2.12. The summed E-state index contributed by atoms with van der Waals surface area (Å²) in [5, 5.41) is 12.9. The third kappa shape index (κ3) is 1.53. The predicted molar refractivity (Wildman–Crippen MR) is 88.5 cm³/mol. The number of imidazole rings is 1. The predicted octanol–water partition coefficient (Wildman–Crippen LogP) is 4.11. The number of benzene rings is 2. The summed E-state index contributed by atoms with van der Waals surface area (Å²) < 4.78 is 2.10. The SMILES string of the molecule is O=[N+]([O-])c1ccc(C2=C3CC(=C2)n2cncc23)c2ccccc12. The van der Waals surface area contributed by atoms with Crippen LogP contribution in [0.3, 0.4) is 0 Å². The van der Waals surface area contributed by atoms with Crippen molar-refractivity contribution in [3.63, 3.8) is 0 Å². The molecular formula is C18H11N3O2. The van der Waals surface area contributed by atoms with E-state index in [0.29, 0.717) is 5.39 Å². The van der Waals surface area contributed by atoms with Crippen LogP contribution in [0.4, 0.5) is 5.69 Å². The van der Waals surface area contributed by atoms with Gasteiger partial charge in [0.1, 0.15) is 0 Å². The quantitative estimate of drug-likeness (QED) is 0.528. The second-order valence-corrected chi connectivity index (χ2v) is 5.79. The maximum absolute atomic E-state index is 11.3. The van der Waals surface area contributed by atoms with E-state index in [1.54, 1.807) is 6.07 Å². The molecule has 5 heteroatoms. The molecule has 0 unspecified atom stereocenters. The minimum absolute atomic E-state index is 0.149. The molecule has 2 heterocycles. The normalized spacial score (nSPS) is 15.2. The minimum Gasteiger partial charge on any atom is -0.303 e. The maximum atomic E-state index is 11.3. The molecule has 0 atom stereocenters. The molecule has 2 bridgehead atoms. The molecule has 1 aromatic heterocycles. The fourth-order valence-corrected chi connectivity index (χ4v) is 3.63. The lowest BCUT2D eigenvalue weighted by Crippen LogP contribution is -1.96. The first-order valence-corrected chi connectivity index (χ1v) is 7.37. The largest absolute Gasteiger partial charge is 0.303 e. The number of hydrogen-bond acceptors (Lipinski definition) is 3. The number of rotatable bonds is 2. The molecule has 110 valence electrons. The number of non-ortho nitro benzene ring substituents is 1. The molecule has 0 fully saturated rings. The Morgan fingerprint density at radius 2 is 1.96 bits per heavy atom. The number of nitrogens with zero attached hydrogens (tertiary/aromatic N) is 3. The van der Waals surface area contributed by atoms with Crippen molar-refractivity contribution in [2.24, 2.45) is 0 Å². The molecular weight excluding hydrogens is 290 g/mol. The summed E-state index contributed by atoms with van der Waals surface area (Å²) in [6.07, 6.45) is 6.78. The van der Waals surface area contributed by atoms with Crippen molar-refractivity contribution in [1.82, 2.24) is 9.55 Å². The first-order chi connectivity index (χ1) is 11.2. The van der Waals surface area contributed by atoms with Gasteiger partial charge < -0.3 is 4.57 Å². The molecule has 0 spiro atoms. The Morgan fingerprint density at radius 1 is 1.13 bits per heavy atom. The number of nitro benzene ring substituents is 1. The van der Waals surface area contributed by atoms with Gasteiger partial charge in [0.2, 0.25) is 0 Å².